The van der Waals surface area contributed by atoms with E-state index in [2.05, 4.69) is 4.72 Å². The van der Waals surface area contributed by atoms with Gasteiger partial charge in [-0.1, -0.05) is 29.8 Å². The molecular weight excluding hydrogens is 430 g/mol. The van der Waals surface area contributed by atoms with Gasteiger partial charge in [-0.2, -0.15) is 0 Å². The quantitative estimate of drug-likeness (QED) is 0.482. The van der Waals surface area contributed by atoms with Crippen LogP contribution in [0.5, 0.6) is 0 Å². The third-order valence-corrected chi connectivity index (χ3v) is 5.57. The normalized spacial score (nSPS) is 12.9. The maximum atomic E-state index is 12.9. The van der Waals surface area contributed by atoms with Gasteiger partial charge in [0.25, 0.3) is 0 Å². The molecule has 32 heavy (non-hydrogen) atoms. The minimum absolute atomic E-state index is 0.122. The number of ether oxygens (including phenoxy) is 2. The van der Waals surface area contributed by atoms with Crippen LogP contribution >= 0.6 is 0 Å². The van der Waals surface area contributed by atoms with Gasteiger partial charge in [-0.05, 0) is 63.8 Å². The zero-order valence-electron chi connectivity index (χ0n) is 19.8. The van der Waals surface area contributed by atoms with Crippen LogP contribution in [0.3, 0.4) is 0 Å². The number of aryl methyl sites for hydroxylation is 1. The minimum atomic E-state index is -3.70. The van der Waals surface area contributed by atoms with E-state index in [-0.39, 0.29) is 11.3 Å². The molecular formula is C24H31NO6S. The molecule has 0 saturated heterocycles. The lowest BCUT2D eigenvalue weighted by Gasteiger charge is -2.31. The topological polar surface area (TPSA) is 98.8 Å². The summed E-state index contributed by atoms with van der Waals surface area (Å²) in [6, 6.07) is 7.64. The van der Waals surface area contributed by atoms with Crippen molar-refractivity contribution in [1.29, 1.82) is 0 Å². The van der Waals surface area contributed by atoms with E-state index in [0.29, 0.717) is 28.5 Å². The van der Waals surface area contributed by atoms with Crippen LogP contribution in [0.25, 0.3) is 11.1 Å². The predicted molar refractivity (Wildman–Crippen MR) is 126 cm³/mol. The van der Waals surface area contributed by atoms with Crippen LogP contribution in [0.15, 0.2) is 24.3 Å². The number of carbonyl (C=O) groups excluding carboxylic acids is 2. The standard InChI is InChI=1S/C24H31NO6S/c1-14-9-11-17(12-10-14)19-15(2)18(13-26)21(25-32(8,28)29)16(3)20(19)22(23(27)30-7)31-24(4,5)6/h9-13,22,25H,1-8H3/t22-/m0/s1. The van der Waals surface area contributed by atoms with E-state index < -0.39 is 27.7 Å². The van der Waals surface area contributed by atoms with Crippen LogP contribution in [-0.4, -0.2) is 39.6 Å². The monoisotopic (exact) mass is 461 g/mol. The number of aldehydes is 1. The largest absolute Gasteiger partial charge is 0.467 e. The Balaban J connectivity index is 3.05. The molecule has 0 bridgehead atoms. The fourth-order valence-corrected chi connectivity index (χ4v) is 4.25. The maximum Gasteiger partial charge on any atom is 0.339 e. The average molecular weight is 462 g/mol. The van der Waals surface area contributed by atoms with Crippen molar-refractivity contribution in [2.24, 2.45) is 0 Å². The first kappa shape index (κ1) is 25.5. The van der Waals surface area contributed by atoms with Gasteiger partial charge in [0.2, 0.25) is 10.0 Å². The van der Waals surface area contributed by atoms with Gasteiger partial charge in [0.05, 0.1) is 24.7 Å². The molecule has 0 aliphatic heterocycles. The molecule has 0 amide bonds. The Morgan fingerprint density at radius 3 is 2.06 bits per heavy atom. The first-order valence-corrected chi connectivity index (χ1v) is 12.0. The Morgan fingerprint density at radius 2 is 1.62 bits per heavy atom. The van der Waals surface area contributed by atoms with Gasteiger partial charge < -0.3 is 9.47 Å². The number of carbonyl (C=O) groups is 2. The summed E-state index contributed by atoms with van der Waals surface area (Å²) in [6.07, 6.45) is 0.485. The second-order valence-electron chi connectivity index (χ2n) is 8.82. The van der Waals surface area contributed by atoms with Crippen molar-refractivity contribution in [1.82, 2.24) is 0 Å². The highest BCUT2D eigenvalue weighted by atomic mass is 32.2. The average Bonchev–Trinajstić information content (AvgIpc) is 2.67. The van der Waals surface area contributed by atoms with Crippen molar-refractivity contribution in [2.75, 3.05) is 18.1 Å². The van der Waals surface area contributed by atoms with Gasteiger partial charge in [0.1, 0.15) is 0 Å². The molecule has 0 fully saturated rings. The zero-order chi connectivity index (χ0) is 24.4. The van der Waals surface area contributed by atoms with Crippen molar-refractivity contribution >= 4 is 28.0 Å². The van der Waals surface area contributed by atoms with Gasteiger partial charge >= 0.3 is 5.97 Å². The fourth-order valence-electron chi connectivity index (χ4n) is 3.62. The second kappa shape index (κ2) is 9.42. The Morgan fingerprint density at radius 1 is 1.06 bits per heavy atom. The third kappa shape index (κ3) is 5.75. The van der Waals surface area contributed by atoms with Crippen molar-refractivity contribution < 1.29 is 27.5 Å². The van der Waals surface area contributed by atoms with Crippen molar-refractivity contribution in [2.45, 2.75) is 53.2 Å². The van der Waals surface area contributed by atoms with E-state index in [9.17, 15) is 18.0 Å². The molecule has 0 aliphatic rings. The van der Waals surface area contributed by atoms with Crippen LogP contribution in [0.2, 0.25) is 0 Å². The smallest absolute Gasteiger partial charge is 0.339 e. The van der Waals surface area contributed by atoms with Gasteiger partial charge in [0.15, 0.2) is 12.4 Å². The molecule has 0 radical (unpaired) electrons. The lowest BCUT2D eigenvalue weighted by molar-refractivity contribution is -0.164. The molecule has 8 heteroatoms. The molecule has 2 aromatic rings. The number of nitrogens with one attached hydrogen (secondary N) is 1. The minimum Gasteiger partial charge on any atom is -0.467 e. The molecule has 7 nitrogen and oxygen atoms in total. The Labute approximate surface area is 190 Å². The van der Waals surface area contributed by atoms with E-state index in [0.717, 1.165) is 17.4 Å². The number of rotatable bonds is 7. The van der Waals surface area contributed by atoms with Crippen LogP contribution in [0.1, 0.15) is 59.5 Å². The summed E-state index contributed by atoms with van der Waals surface area (Å²) in [4.78, 5) is 25.0. The van der Waals surface area contributed by atoms with Gasteiger partial charge in [-0.25, -0.2) is 13.2 Å². The van der Waals surface area contributed by atoms with E-state index in [1.807, 2.05) is 52.0 Å². The van der Waals surface area contributed by atoms with E-state index in [4.69, 9.17) is 9.47 Å². The van der Waals surface area contributed by atoms with Gasteiger partial charge in [-0.15, -0.1) is 0 Å². The zero-order valence-corrected chi connectivity index (χ0v) is 20.6. The number of anilines is 1. The van der Waals surface area contributed by atoms with Crippen molar-refractivity contribution in [3.8, 4) is 11.1 Å². The molecule has 0 aromatic heterocycles. The number of hydrogen-bond acceptors (Lipinski definition) is 6. The molecule has 0 saturated carbocycles. The highest BCUT2D eigenvalue weighted by Crippen LogP contribution is 2.43. The summed E-state index contributed by atoms with van der Waals surface area (Å²) in [5.41, 5.74) is 3.45. The summed E-state index contributed by atoms with van der Waals surface area (Å²) in [6.45, 7) is 10.8. The molecule has 2 rings (SSSR count). The highest BCUT2D eigenvalue weighted by molar-refractivity contribution is 7.92. The number of methoxy groups -OCH3 is 1. The molecule has 174 valence electrons. The van der Waals surface area contributed by atoms with Crippen LogP contribution < -0.4 is 4.72 Å². The van der Waals surface area contributed by atoms with Gasteiger partial charge in [-0.3, -0.25) is 9.52 Å². The van der Waals surface area contributed by atoms with E-state index in [1.54, 1.807) is 13.8 Å². The summed E-state index contributed by atoms with van der Waals surface area (Å²) in [7, 11) is -2.43. The Kier molecular flexibility index (Phi) is 7.52. The van der Waals surface area contributed by atoms with Crippen molar-refractivity contribution in [3.63, 3.8) is 0 Å². The van der Waals surface area contributed by atoms with Gasteiger partial charge in [0, 0.05) is 11.1 Å². The van der Waals surface area contributed by atoms with Crippen molar-refractivity contribution in [3.05, 3.63) is 52.1 Å². The van der Waals surface area contributed by atoms with Crippen LogP contribution in [-0.2, 0) is 24.3 Å². The summed E-state index contributed by atoms with van der Waals surface area (Å²) >= 11 is 0. The highest BCUT2D eigenvalue weighted by Gasteiger charge is 2.34. The third-order valence-electron chi connectivity index (χ3n) is 4.99. The number of hydrogen-bond donors (Lipinski definition) is 1. The molecule has 1 atom stereocenters. The molecule has 0 unspecified atom stereocenters. The Bertz CT molecular complexity index is 1130. The molecule has 0 heterocycles. The maximum absolute atomic E-state index is 12.9. The Hall–Kier alpha value is -2.71. The summed E-state index contributed by atoms with van der Waals surface area (Å²) in [5, 5.41) is 0. The van der Waals surface area contributed by atoms with E-state index in [1.165, 1.54) is 7.11 Å². The summed E-state index contributed by atoms with van der Waals surface area (Å²) in [5.74, 6) is -0.625. The lowest BCUT2D eigenvalue weighted by Crippen LogP contribution is -2.30. The van der Waals surface area contributed by atoms with Crippen LogP contribution in [0.4, 0.5) is 5.69 Å². The molecule has 0 aliphatic carbocycles. The molecule has 1 N–H and O–H groups in total. The summed E-state index contributed by atoms with van der Waals surface area (Å²) < 4.78 is 37.8. The van der Waals surface area contributed by atoms with Crippen LogP contribution in [0, 0.1) is 20.8 Å². The first-order valence-electron chi connectivity index (χ1n) is 10.1. The second-order valence-corrected chi connectivity index (χ2v) is 10.6. The fraction of sp³-hybridized carbons (Fsp3) is 0.417. The lowest BCUT2D eigenvalue weighted by atomic mass is 9.84. The molecule has 2 aromatic carbocycles. The van der Waals surface area contributed by atoms with E-state index >= 15 is 0 Å². The number of benzene rings is 2. The molecule has 0 spiro atoms. The number of sulfonamides is 1. The predicted octanol–water partition coefficient (Wildman–Crippen LogP) is 4.49. The SMILES string of the molecule is COC(=O)[C@@H](OC(C)(C)C)c1c(C)c(NS(C)(=O)=O)c(C=O)c(C)c1-c1ccc(C)cc1. The first-order chi connectivity index (χ1) is 14.7. The number of esters is 1.